The minimum Gasteiger partial charge on any atom is -0.496 e. The molecular formula is C14H13BrFNO2. The summed E-state index contributed by atoms with van der Waals surface area (Å²) >= 11 is 3.38. The molecule has 0 radical (unpaired) electrons. The number of aliphatic hydroxyl groups excluding tert-OH is 1. The van der Waals surface area contributed by atoms with Gasteiger partial charge in [0, 0.05) is 18.2 Å². The highest BCUT2D eigenvalue weighted by atomic mass is 79.9. The third-order valence-electron chi connectivity index (χ3n) is 2.81. The van der Waals surface area contributed by atoms with Gasteiger partial charge in [-0.25, -0.2) is 4.39 Å². The van der Waals surface area contributed by atoms with E-state index in [1.165, 1.54) is 12.3 Å². The number of aromatic nitrogens is 1. The topological polar surface area (TPSA) is 42.4 Å². The van der Waals surface area contributed by atoms with Crippen LogP contribution in [0.15, 0.2) is 41.1 Å². The Morgan fingerprint density at radius 2 is 2.21 bits per heavy atom. The van der Waals surface area contributed by atoms with E-state index in [0.717, 1.165) is 16.2 Å². The lowest BCUT2D eigenvalue weighted by molar-refractivity contribution is 0.173. The predicted molar refractivity (Wildman–Crippen MR) is 73.6 cm³/mol. The molecule has 1 aromatic heterocycles. The summed E-state index contributed by atoms with van der Waals surface area (Å²) in [5.41, 5.74) is 1.14. The normalized spacial score (nSPS) is 12.2. The standard InChI is InChI=1S/C14H13BrFNO2/c1-19-14-3-2-9(6-11(14)15)7-13(18)10-4-5-17-8-12(10)16/h2-6,8,13,18H,7H2,1H3. The van der Waals surface area contributed by atoms with E-state index in [-0.39, 0.29) is 5.56 Å². The molecular weight excluding hydrogens is 313 g/mol. The number of aliphatic hydroxyl groups is 1. The van der Waals surface area contributed by atoms with Crippen molar-refractivity contribution in [2.45, 2.75) is 12.5 Å². The molecule has 0 saturated carbocycles. The molecule has 0 aliphatic rings. The second-order valence-electron chi connectivity index (χ2n) is 4.09. The van der Waals surface area contributed by atoms with Crippen LogP contribution in [0.1, 0.15) is 17.2 Å². The number of ether oxygens (including phenoxy) is 1. The Kier molecular flexibility index (Phi) is 4.50. The molecule has 0 bridgehead atoms. The van der Waals surface area contributed by atoms with Crippen LogP contribution in [0.5, 0.6) is 5.75 Å². The summed E-state index contributed by atoms with van der Waals surface area (Å²) in [6.07, 6.45) is 1.99. The van der Waals surface area contributed by atoms with Crippen LogP contribution in [0.4, 0.5) is 4.39 Å². The van der Waals surface area contributed by atoms with Crippen molar-refractivity contribution in [3.05, 3.63) is 58.1 Å². The van der Waals surface area contributed by atoms with Crippen molar-refractivity contribution in [2.75, 3.05) is 7.11 Å². The largest absolute Gasteiger partial charge is 0.496 e. The highest BCUT2D eigenvalue weighted by Gasteiger charge is 2.14. The summed E-state index contributed by atoms with van der Waals surface area (Å²) in [7, 11) is 1.58. The van der Waals surface area contributed by atoms with E-state index < -0.39 is 11.9 Å². The van der Waals surface area contributed by atoms with Crippen LogP contribution < -0.4 is 4.74 Å². The molecule has 0 amide bonds. The maximum Gasteiger partial charge on any atom is 0.147 e. The first-order valence-electron chi connectivity index (χ1n) is 5.71. The summed E-state index contributed by atoms with van der Waals surface area (Å²) in [5.74, 6) is 0.218. The lowest BCUT2D eigenvalue weighted by Gasteiger charge is -2.12. The number of hydrogen-bond donors (Lipinski definition) is 1. The molecule has 2 aromatic rings. The zero-order chi connectivity index (χ0) is 13.8. The minimum absolute atomic E-state index is 0.252. The van der Waals surface area contributed by atoms with Crippen LogP contribution in [-0.2, 0) is 6.42 Å². The number of benzene rings is 1. The van der Waals surface area contributed by atoms with Gasteiger partial charge in [-0.15, -0.1) is 0 Å². The van der Waals surface area contributed by atoms with Crippen molar-refractivity contribution in [1.29, 1.82) is 0 Å². The van der Waals surface area contributed by atoms with E-state index in [2.05, 4.69) is 20.9 Å². The smallest absolute Gasteiger partial charge is 0.147 e. The molecule has 1 atom stereocenters. The summed E-state index contributed by atoms with van der Waals surface area (Å²) in [6, 6.07) is 6.97. The first kappa shape index (κ1) is 14.0. The van der Waals surface area contributed by atoms with E-state index in [0.29, 0.717) is 12.2 Å². The Hall–Kier alpha value is -1.46. The van der Waals surface area contributed by atoms with Gasteiger partial charge >= 0.3 is 0 Å². The van der Waals surface area contributed by atoms with Gasteiger partial charge in [-0.05, 0) is 39.7 Å². The van der Waals surface area contributed by atoms with Crippen LogP contribution in [0.3, 0.4) is 0 Å². The van der Waals surface area contributed by atoms with Crippen LogP contribution in [0, 0.1) is 5.82 Å². The Morgan fingerprint density at radius 1 is 1.42 bits per heavy atom. The zero-order valence-electron chi connectivity index (χ0n) is 10.3. The second-order valence-corrected chi connectivity index (χ2v) is 4.94. The van der Waals surface area contributed by atoms with Crippen molar-refractivity contribution in [1.82, 2.24) is 4.98 Å². The maximum absolute atomic E-state index is 13.5. The van der Waals surface area contributed by atoms with Crippen LogP contribution in [-0.4, -0.2) is 17.2 Å². The van der Waals surface area contributed by atoms with Gasteiger partial charge < -0.3 is 9.84 Å². The number of rotatable bonds is 4. The lowest BCUT2D eigenvalue weighted by atomic mass is 10.0. The molecule has 1 N–H and O–H groups in total. The Bertz CT molecular complexity index is 577. The quantitative estimate of drug-likeness (QED) is 0.938. The molecule has 0 aliphatic carbocycles. The number of hydrogen-bond acceptors (Lipinski definition) is 3. The summed E-state index contributed by atoms with van der Waals surface area (Å²) in [4.78, 5) is 3.66. The van der Waals surface area contributed by atoms with Crippen molar-refractivity contribution < 1.29 is 14.2 Å². The van der Waals surface area contributed by atoms with Gasteiger partial charge in [-0.1, -0.05) is 6.07 Å². The van der Waals surface area contributed by atoms with Gasteiger partial charge in [0.25, 0.3) is 0 Å². The molecule has 5 heteroatoms. The lowest BCUT2D eigenvalue weighted by Crippen LogP contribution is -2.04. The number of halogens is 2. The number of methoxy groups -OCH3 is 1. The van der Waals surface area contributed by atoms with Crippen molar-refractivity contribution in [2.24, 2.45) is 0 Å². The fourth-order valence-electron chi connectivity index (χ4n) is 1.83. The zero-order valence-corrected chi connectivity index (χ0v) is 11.9. The molecule has 1 aromatic carbocycles. The van der Waals surface area contributed by atoms with Crippen molar-refractivity contribution >= 4 is 15.9 Å². The average molecular weight is 326 g/mol. The summed E-state index contributed by atoms with van der Waals surface area (Å²) in [6.45, 7) is 0. The molecule has 19 heavy (non-hydrogen) atoms. The molecule has 3 nitrogen and oxygen atoms in total. The van der Waals surface area contributed by atoms with Crippen LogP contribution in [0.25, 0.3) is 0 Å². The molecule has 1 heterocycles. The third kappa shape index (κ3) is 3.30. The van der Waals surface area contributed by atoms with Crippen molar-refractivity contribution in [3.63, 3.8) is 0 Å². The van der Waals surface area contributed by atoms with Gasteiger partial charge in [0.15, 0.2) is 0 Å². The van der Waals surface area contributed by atoms with E-state index in [9.17, 15) is 9.50 Å². The number of pyridine rings is 1. The molecule has 0 fully saturated rings. The van der Waals surface area contributed by atoms with Crippen molar-refractivity contribution in [3.8, 4) is 5.75 Å². The molecule has 100 valence electrons. The SMILES string of the molecule is COc1ccc(CC(O)c2ccncc2F)cc1Br. The highest BCUT2D eigenvalue weighted by molar-refractivity contribution is 9.10. The molecule has 0 spiro atoms. The van der Waals surface area contributed by atoms with E-state index in [1.54, 1.807) is 13.2 Å². The molecule has 2 rings (SSSR count). The summed E-state index contributed by atoms with van der Waals surface area (Å²) < 4.78 is 19.4. The maximum atomic E-state index is 13.5. The Balaban J connectivity index is 2.17. The fourth-order valence-corrected chi connectivity index (χ4v) is 2.41. The number of nitrogens with zero attached hydrogens (tertiary/aromatic N) is 1. The summed E-state index contributed by atoms with van der Waals surface area (Å²) in [5, 5.41) is 10.1. The van der Waals surface area contributed by atoms with Gasteiger partial charge in [0.1, 0.15) is 11.6 Å². The van der Waals surface area contributed by atoms with Gasteiger partial charge in [-0.3, -0.25) is 4.98 Å². The van der Waals surface area contributed by atoms with Gasteiger partial charge in [0.2, 0.25) is 0 Å². The predicted octanol–water partition coefficient (Wildman–Crippen LogP) is 3.27. The monoisotopic (exact) mass is 325 g/mol. The Morgan fingerprint density at radius 3 is 2.84 bits per heavy atom. The molecule has 1 unspecified atom stereocenters. The minimum atomic E-state index is -0.900. The van der Waals surface area contributed by atoms with Gasteiger partial charge in [0.05, 0.1) is 23.9 Å². The van der Waals surface area contributed by atoms with E-state index in [4.69, 9.17) is 4.74 Å². The first-order chi connectivity index (χ1) is 9.11. The molecule has 0 saturated heterocycles. The average Bonchev–Trinajstić information content (AvgIpc) is 2.39. The first-order valence-corrected chi connectivity index (χ1v) is 6.51. The van der Waals surface area contributed by atoms with Gasteiger partial charge in [-0.2, -0.15) is 0 Å². The second kappa shape index (κ2) is 6.12. The van der Waals surface area contributed by atoms with Crippen LogP contribution >= 0.6 is 15.9 Å². The van der Waals surface area contributed by atoms with E-state index >= 15 is 0 Å². The fraction of sp³-hybridized carbons (Fsp3) is 0.214. The molecule has 0 aliphatic heterocycles. The van der Waals surface area contributed by atoms with Crippen LogP contribution in [0.2, 0.25) is 0 Å². The van der Waals surface area contributed by atoms with E-state index in [1.807, 2.05) is 12.1 Å². The Labute approximate surface area is 119 Å². The highest BCUT2D eigenvalue weighted by Crippen LogP contribution is 2.28. The third-order valence-corrected chi connectivity index (χ3v) is 3.43.